The Kier molecular flexibility index (Phi) is 4.78. The topological polar surface area (TPSA) is 26.3 Å². The van der Waals surface area contributed by atoms with Gasteiger partial charge in [-0.15, -0.1) is 0 Å². The van der Waals surface area contributed by atoms with Crippen LogP contribution in [0.4, 0.5) is 4.39 Å². The molecular weight excluding hydrogens is 347 g/mol. The van der Waals surface area contributed by atoms with Crippen molar-refractivity contribution in [1.82, 2.24) is 0 Å². The summed E-state index contributed by atoms with van der Waals surface area (Å²) < 4.78 is 19.3. The van der Waals surface area contributed by atoms with Gasteiger partial charge in [-0.05, 0) is 59.3 Å². The average Bonchev–Trinajstić information content (AvgIpc) is 2.42. The molecule has 0 heterocycles. The molecule has 2 rings (SSSR count). The summed E-state index contributed by atoms with van der Waals surface area (Å²) in [5.74, 6) is -0.228. The molecule has 2 nitrogen and oxygen atoms in total. The lowest BCUT2D eigenvalue weighted by Gasteiger charge is -2.08. The van der Waals surface area contributed by atoms with Crippen molar-refractivity contribution in [3.8, 4) is 5.75 Å². The average molecular weight is 358 g/mol. The van der Waals surface area contributed by atoms with E-state index in [1.807, 2.05) is 6.92 Å². The van der Waals surface area contributed by atoms with Gasteiger partial charge in [-0.1, -0.05) is 11.6 Å². The molecule has 0 amide bonds. The zero-order chi connectivity index (χ0) is 14.7. The van der Waals surface area contributed by atoms with Crippen LogP contribution in [0.1, 0.15) is 22.8 Å². The molecule has 2 aromatic rings. The largest absolute Gasteiger partial charge is 0.494 e. The van der Waals surface area contributed by atoms with Crippen LogP contribution in [-0.2, 0) is 0 Å². The maximum atomic E-state index is 13.4. The van der Waals surface area contributed by atoms with Crippen LogP contribution in [0.5, 0.6) is 5.75 Å². The minimum absolute atomic E-state index is 0.00712. The summed E-state index contributed by atoms with van der Waals surface area (Å²) in [4.78, 5) is 12.3. The van der Waals surface area contributed by atoms with E-state index in [9.17, 15) is 9.18 Å². The second-order valence-electron chi connectivity index (χ2n) is 4.03. The predicted octanol–water partition coefficient (Wildman–Crippen LogP) is 4.87. The molecule has 104 valence electrons. The summed E-state index contributed by atoms with van der Waals surface area (Å²) in [6.07, 6.45) is 0. The Labute approximate surface area is 129 Å². The molecule has 0 spiro atoms. The number of carbonyl (C=O) groups is 1. The van der Waals surface area contributed by atoms with E-state index in [0.717, 1.165) is 6.07 Å². The monoisotopic (exact) mass is 356 g/mol. The van der Waals surface area contributed by atoms with Gasteiger partial charge in [0.2, 0.25) is 0 Å². The van der Waals surface area contributed by atoms with Crippen molar-refractivity contribution in [2.75, 3.05) is 6.61 Å². The smallest absolute Gasteiger partial charge is 0.194 e. The maximum Gasteiger partial charge on any atom is 0.194 e. The van der Waals surface area contributed by atoms with Crippen LogP contribution in [0.25, 0.3) is 0 Å². The quantitative estimate of drug-likeness (QED) is 0.730. The maximum absolute atomic E-state index is 13.4. The van der Waals surface area contributed by atoms with Gasteiger partial charge in [0.1, 0.15) is 11.6 Å². The van der Waals surface area contributed by atoms with Gasteiger partial charge in [0, 0.05) is 15.6 Å². The number of ketones is 1. The molecule has 0 aliphatic rings. The lowest BCUT2D eigenvalue weighted by Crippen LogP contribution is -2.03. The van der Waals surface area contributed by atoms with Gasteiger partial charge in [0.25, 0.3) is 0 Å². The van der Waals surface area contributed by atoms with Gasteiger partial charge in [0.15, 0.2) is 5.78 Å². The van der Waals surface area contributed by atoms with Crippen LogP contribution in [0, 0.1) is 5.82 Å². The number of benzene rings is 2. The first-order valence-corrected chi connectivity index (χ1v) is 7.12. The van der Waals surface area contributed by atoms with Crippen LogP contribution >= 0.6 is 27.5 Å². The van der Waals surface area contributed by atoms with E-state index in [4.69, 9.17) is 16.3 Å². The highest BCUT2D eigenvalue weighted by atomic mass is 79.9. The van der Waals surface area contributed by atoms with Gasteiger partial charge < -0.3 is 4.74 Å². The SMILES string of the molecule is CCOc1ccc(C(=O)c2ccc(Cl)c(F)c2)c(Br)c1. The van der Waals surface area contributed by atoms with Gasteiger partial charge in [-0.25, -0.2) is 4.39 Å². The fourth-order valence-corrected chi connectivity index (χ4v) is 2.38. The molecule has 0 radical (unpaired) electrons. The van der Waals surface area contributed by atoms with Crippen LogP contribution in [0.15, 0.2) is 40.9 Å². The number of carbonyl (C=O) groups excluding carboxylic acids is 1. The van der Waals surface area contributed by atoms with Crippen molar-refractivity contribution in [2.24, 2.45) is 0 Å². The summed E-state index contributed by atoms with van der Waals surface area (Å²) in [6, 6.07) is 9.05. The molecule has 0 saturated heterocycles. The summed E-state index contributed by atoms with van der Waals surface area (Å²) >= 11 is 8.93. The number of rotatable bonds is 4. The Morgan fingerprint density at radius 3 is 2.65 bits per heavy atom. The van der Waals surface area contributed by atoms with E-state index in [1.54, 1.807) is 18.2 Å². The summed E-state index contributed by atoms with van der Waals surface area (Å²) in [7, 11) is 0. The Hall–Kier alpha value is -1.39. The van der Waals surface area contributed by atoms with E-state index < -0.39 is 5.82 Å². The standard InChI is InChI=1S/C15H11BrClFO2/c1-2-20-10-4-5-11(12(16)8-10)15(19)9-3-6-13(17)14(18)7-9/h3-8H,2H2,1H3. The van der Waals surface area contributed by atoms with Crippen LogP contribution < -0.4 is 4.74 Å². The van der Waals surface area contributed by atoms with Crippen molar-refractivity contribution in [3.63, 3.8) is 0 Å². The number of halogens is 3. The summed E-state index contributed by atoms with van der Waals surface area (Å²) in [5.41, 5.74) is 0.687. The molecule has 0 N–H and O–H groups in total. The van der Waals surface area contributed by atoms with Crippen molar-refractivity contribution in [1.29, 1.82) is 0 Å². The molecule has 5 heteroatoms. The highest BCUT2D eigenvalue weighted by Crippen LogP contribution is 2.26. The summed E-state index contributed by atoms with van der Waals surface area (Å²) in [6.45, 7) is 2.42. The minimum atomic E-state index is -0.612. The fourth-order valence-electron chi connectivity index (χ4n) is 1.73. The molecule has 0 aliphatic carbocycles. The molecular formula is C15H11BrClFO2. The van der Waals surface area contributed by atoms with E-state index >= 15 is 0 Å². The van der Waals surface area contributed by atoms with E-state index in [0.29, 0.717) is 22.4 Å². The molecule has 20 heavy (non-hydrogen) atoms. The normalized spacial score (nSPS) is 10.4. The van der Waals surface area contributed by atoms with Crippen molar-refractivity contribution in [2.45, 2.75) is 6.92 Å². The van der Waals surface area contributed by atoms with Gasteiger partial charge in [0.05, 0.1) is 11.6 Å². The molecule has 0 aliphatic heterocycles. The van der Waals surface area contributed by atoms with Crippen molar-refractivity contribution in [3.05, 3.63) is 62.8 Å². The molecule has 0 saturated carbocycles. The molecule has 0 atom stereocenters. The number of ether oxygens (including phenoxy) is 1. The van der Waals surface area contributed by atoms with Gasteiger partial charge >= 0.3 is 0 Å². The third-order valence-corrected chi connectivity index (χ3v) is 3.64. The van der Waals surface area contributed by atoms with E-state index in [2.05, 4.69) is 15.9 Å². The first kappa shape index (κ1) is 15.0. The van der Waals surface area contributed by atoms with Crippen LogP contribution in [0.3, 0.4) is 0 Å². The molecule has 2 aromatic carbocycles. The van der Waals surface area contributed by atoms with E-state index in [-0.39, 0.29) is 16.4 Å². The van der Waals surface area contributed by atoms with Crippen LogP contribution in [-0.4, -0.2) is 12.4 Å². The van der Waals surface area contributed by atoms with Gasteiger partial charge in [-0.3, -0.25) is 4.79 Å². The zero-order valence-electron chi connectivity index (χ0n) is 10.6. The van der Waals surface area contributed by atoms with Crippen molar-refractivity contribution < 1.29 is 13.9 Å². The first-order chi connectivity index (χ1) is 9.52. The highest BCUT2D eigenvalue weighted by molar-refractivity contribution is 9.10. The predicted molar refractivity (Wildman–Crippen MR) is 80.2 cm³/mol. The molecule has 0 fully saturated rings. The van der Waals surface area contributed by atoms with Crippen LogP contribution in [0.2, 0.25) is 5.02 Å². The Morgan fingerprint density at radius 2 is 2.05 bits per heavy atom. The highest BCUT2D eigenvalue weighted by Gasteiger charge is 2.15. The third-order valence-electron chi connectivity index (χ3n) is 2.68. The first-order valence-electron chi connectivity index (χ1n) is 5.95. The Bertz CT molecular complexity index is 658. The third kappa shape index (κ3) is 3.19. The zero-order valence-corrected chi connectivity index (χ0v) is 13.0. The lowest BCUT2D eigenvalue weighted by atomic mass is 10.0. The lowest BCUT2D eigenvalue weighted by molar-refractivity contribution is 0.103. The molecule has 0 bridgehead atoms. The fraction of sp³-hybridized carbons (Fsp3) is 0.133. The minimum Gasteiger partial charge on any atom is -0.494 e. The van der Waals surface area contributed by atoms with Gasteiger partial charge in [-0.2, -0.15) is 0 Å². The molecule has 0 unspecified atom stereocenters. The van der Waals surface area contributed by atoms with Crippen molar-refractivity contribution >= 4 is 33.3 Å². The summed E-state index contributed by atoms with van der Waals surface area (Å²) in [5, 5.41) is -0.00712. The second-order valence-corrected chi connectivity index (χ2v) is 5.29. The number of hydrogen-bond acceptors (Lipinski definition) is 2. The Balaban J connectivity index is 2.35. The number of hydrogen-bond donors (Lipinski definition) is 0. The second kappa shape index (κ2) is 6.37. The molecule has 0 aromatic heterocycles. The van der Waals surface area contributed by atoms with E-state index in [1.165, 1.54) is 12.1 Å². The Morgan fingerprint density at radius 1 is 1.30 bits per heavy atom.